The van der Waals surface area contributed by atoms with E-state index >= 15 is 0 Å². The Labute approximate surface area is 122 Å². The third-order valence-corrected chi connectivity index (χ3v) is 3.16. The van der Waals surface area contributed by atoms with Crippen molar-refractivity contribution in [2.24, 2.45) is 5.92 Å². The summed E-state index contributed by atoms with van der Waals surface area (Å²) in [5.74, 6) is -0.170. The van der Waals surface area contributed by atoms with E-state index in [2.05, 4.69) is 0 Å². The van der Waals surface area contributed by atoms with Gasteiger partial charge in [-0.1, -0.05) is 13.8 Å². The van der Waals surface area contributed by atoms with Gasteiger partial charge < -0.3 is 4.74 Å². The molecular weight excluding hydrogens is 276 g/mol. The highest BCUT2D eigenvalue weighted by molar-refractivity contribution is 5.74. The first kappa shape index (κ1) is 16.9. The Balaban J connectivity index is 2.99. The van der Waals surface area contributed by atoms with Gasteiger partial charge in [0, 0.05) is 11.8 Å². The molecule has 0 bridgehead atoms. The summed E-state index contributed by atoms with van der Waals surface area (Å²) in [5, 5.41) is 10.8. The van der Waals surface area contributed by atoms with E-state index in [-0.39, 0.29) is 6.61 Å². The molecule has 1 atom stereocenters. The quantitative estimate of drug-likeness (QED) is 0.456. The highest BCUT2D eigenvalue weighted by atomic mass is 16.6. The zero-order valence-electron chi connectivity index (χ0n) is 12.7. The van der Waals surface area contributed by atoms with Crippen LogP contribution in [0.4, 0.5) is 5.69 Å². The summed E-state index contributed by atoms with van der Waals surface area (Å²) in [5.41, 5.74) is -0.880. The number of hydrogen-bond acceptors (Lipinski definition) is 5. The third kappa shape index (κ3) is 4.14. The van der Waals surface area contributed by atoms with Gasteiger partial charge in [-0.05, 0) is 32.3 Å². The zero-order chi connectivity index (χ0) is 16.2. The predicted octanol–water partition coefficient (Wildman–Crippen LogP) is 2.22. The van der Waals surface area contributed by atoms with Gasteiger partial charge in [-0.2, -0.15) is 0 Å². The lowest BCUT2D eigenvalue weighted by Gasteiger charge is -2.17. The second-order valence-electron chi connectivity index (χ2n) is 5.32. The fourth-order valence-electron chi connectivity index (χ4n) is 1.88. The van der Waals surface area contributed by atoms with Crippen LogP contribution in [-0.2, 0) is 9.53 Å². The molecule has 0 aliphatic rings. The Hall–Kier alpha value is -2.18. The maximum atomic E-state index is 12.1. The molecule has 0 aliphatic heterocycles. The van der Waals surface area contributed by atoms with Gasteiger partial charge in [0.15, 0.2) is 0 Å². The molecule has 7 heteroatoms. The van der Waals surface area contributed by atoms with Crippen LogP contribution in [0.2, 0.25) is 0 Å². The van der Waals surface area contributed by atoms with Crippen LogP contribution in [0.25, 0.3) is 0 Å². The van der Waals surface area contributed by atoms with E-state index in [0.717, 1.165) is 17.1 Å². The van der Waals surface area contributed by atoms with Gasteiger partial charge in [-0.15, -0.1) is 0 Å². The molecule has 0 radical (unpaired) electrons. The van der Waals surface area contributed by atoms with Gasteiger partial charge in [0.25, 0.3) is 0 Å². The summed E-state index contributed by atoms with van der Waals surface area (Å²) in [7, 11) is 0. The molecule has 0 N–H and O–H groups in total. The summed E-state index contributed by atoms with van der Waals surface area (Å²) in [4.78, 5) is 34.1. The van der Waals surface area contributed by atoms with Crippen LogP contribution in [0, 0.1) is 23.0 Å². The van der Waals surface area contributed by atoms with Gasteiger partial charge >= 0.3 is 17.2 Å². The van der Waals surface area contributed by atoms with E-state index in [0.29, 0.717) is 11.6 Å². The van der Waals surface area contributed by atoms with Gasteiger partial charge in [-0.25, -0.2) is 4.79 Å². The lowest BCUT2D eigenvalue weighted by Crippen LogP contribution is -2.32. The SMILES string of the molecule is Cc1ccc([N+](=O)[O-])c(=O)n1C(C)C(=O)OCCC(C)C. The number of esters is 1. The number of rotatable bonds is 6. The molecule has 0 spiro atoms. The average Bonchev–Trinajstić information content (AvgIpc) is 2.37. The van der Waals surface area contributed by atoms with Crippen molar-refractivity contribution in [1.29, 1.82) is 0 Å². The highest BCUT2D eigenvalue weighted by Crippen LogP contribution is 2.13. The van der Waals surface area contributed by atoms with Crippen molar-refractivity contribution in [3.63, 3.8) is 0 Å². The van der Waals surface area contributed by atoms with E-state index in [4.69, 9.17) is 4.74 Å². The molecule has 0 aliphatic carbocycles. The van der Waals surface area contributed by atoms with Crippen molar-refractivity contribution in [1.82, 2.24) is 4.57 Å². The molecule has 0 amide bonds. The van der Waals surface area contributed by atoms with Crippen molar-refractivity contribution < 1.29 is 14.5 Å². The first-order chi connectivity index (χ1) is 9.75. The minimum Gasteiger partial charge on any atom is -0.464 e. The van der Waals surface area contributed by atoms with E-state index in [9.17, 15) is 19.7 Å². The van der Waals surface area contributed by atoms with Crippen molar-refractivity contribution in [2.75, 3.05) is 6.61 Å². The lowest BCUT2D eigenvalue weighted by atomic mass is 10.1. The number of carbonyl (C=O) groups is 1. The number of ether oxygens (including phenoxy) is 1. The van der Waals surface area contributed by atoms with Gasteiger partial charge in [0.2, 0.25) is 0 Å². The van der Waals surface area contributed by atoms with Crippen LogP contribution in [0.5, 0.6) is 0 Å². The Morgan fingerprint density at radius 3 is 2.52 bits per heavy atom. The summed E-state index contributed by atoms with van der Waals surface area (Å²) >= 11 is 0. The van der Waals surface area contributed by atoms with Crippen molar-refractivity contribution in [3.05, 3.63) is 38.3 Å². The molecule has 1 unspecified atom stereocenters. The zero-order valence-corrected chi connectivity index (χ0v) is 12.7. The number of nitro groups is 1. The highest BCUT2D eigenvalue weighted by Gasteiger charge is 2.24. The third-order valence-electron chi connectivity index (χ3n) is 3.16. The fourth-order valence-corrected chi connectivity index (χ4v) is 1.88. The summed E-state index contributed by atoms with van der Waals surface area (Å²) in [6.07, 6.45) is 0.723. The molecule has 0 aromatic carbocycles. The molecule has 1 heterocycles. The molecule has 7 nitrogen and oxygen atoms in total. The van der Waals surface area contributed by atoms with Crippen LogP contribution in [0.15, 0.2) is 16.9 Å². The first-order valence-electron chi connectivity index (χ1n) is 6.78. The minimum absolute atomic E-state index is 0.267. The predicted molar refractivity (Wildman–Crippen MR) is 77.2 cm³/mol. The number of aryl methyl sites for hydroxylation is 1. The van der Waals surface area contributed by atoms with E-state index in [1.165, 1.54) is 13.0 Å². The minimum atomic E-state index is -0.899. The summed E-state index contributed by atoms with van der Waals surface area (Å²) < 4.78 is 6.20. The molecule has 1 aromatic rings. The van der Waals surface area contributed by atoms with Crippen LogP contribution in [0.1, 0.15) is 38.9 Å². The van der Waals surface area contributed by atoms with Crippen molar-refractivity contribution in [2.45, 2.75) is 40.2 Å². The Morgan fingerprint density at radius 2 is 2.00 bits per heavy atom. The van der Waals surface area contributed by atoms with E-state index in [1.807, 2.05) is 13.8 Å². The van der Waals surface area contributed by atoms with E-state index in [1.54, 1.807) is 6.92 Å². The lowest BCUT2D eigenvalue weighted by molar-refractivity contribution is -0.386. The molecule has 1 aromatic heterocycles. The normalized spacial score (nSPS) is 12.2. The monoisotopic (exact) mass is 296 g/mol. The second kappa shape index (κ2) is 7.01. The standard InChI is InChI=1S/C14H20N2O5/c1-9(2)7-8-21-14(18)11(4)15-10(3)5-6-12(13(15)17)16(19)20/h5-6,9,11H,7-8H2,1-4H3. The fraction of sp³-hybridized carbons (Fsp3) is 0.571. The molecular formula is C14H20N2O5. The van der Waals surface area contributed by atoms with Crippen LogP contribution < -0.4 is 5.56 Å². The Morgan fingerprint density at radius 1 is 1.38 bits per heavy atom. The topological polar surface area (TPSA) is 91.4 Å². The van der Waals surface area contributed by atoms with Gasteiger partial charge in [0.05, 0.1) is 11.5 Å². The van der Waals surface area contributed by atoms with Gasteiger partial charge in [0.1, 0.15) is 6.04 Å². The number of pyridine rings is 1. The molecule has 1 rings (SSSR count). The van der Waals surface area contributed by atoms with Crippen LogP contribution in [0.3, 0.4) is 0 Å². The largest absolute Gasteiger partial charge is 0.464 e. The number of nitrogens with zero attached hydrogens (tertiary/aromatic N) is 2. The first-order valence-corrected chi connectivity index (χ1v) is 6.78. The second-order valence-corrected chi connectivity index (χ2v) is 5.32. The van der Waals surface area contributed by atoms with Gasteiger partial charge in [-0.3, -0.25) is 19.5 Å². The van der Waals surface area contributed by atoms with Crippen molar-refractivity contribution >= 4 is 11.7 Å². The summed E-state index contributed by atoms with van der Waals surface area (Å²) in [6, 6.07) is 1.69. The number of carbonyl (C=O) groups excluding carboxylic acids is 1. The smallest absolute Gasteiger partial charge is 0.334 e. The molecule has 0 saturated heterocycles. The molecule has 0 saturated carbocycles. The average molecular weight is 296 g/mol. The maximum Gasteiger partial charge on any atom is 0.334 e. The number of aromatic nitrogens is 1. The van der Waals surface area contributed by atoms with Crippen LogP contribution >= 0.6 is 0 Å². The van der Waals surface area contributed by atoms with Crippen molar-refractivity contribution in [3.8, 4) is 0 Å². The summed E-state index contributed by atoms with van der Waals surface area (Å²) in [6.45, 7) is 7.39. The molecule has 116 valence electrons. The maximum absolute atomic E-state index is 12.1. The number of hydrogen-bond donors (Lipinski definition) is 0. The van der Waals surface area contributed by atoms with E-state index < -0.39 is 28.2 Å². The molecule has 0 fully saturated rings. The molecule has 21 heavy (non-hydrogen) atoms. The Bertz CT molecular complexity index is 592. The Kier molecular flexibility index (Phi) is 5.63. The van der Waals surface area contributed by atoms with Crippen LogP contribution in [-0.4, -0.2) is 22.1 Å².